The Labute approximate surface area is 216 Å². The van der Waals surface area contributed by atoms with Crippen LogP contribution in [-0.2, 0) is 9.53 Å². The first kappa shape index (κ1) is 36.7. The topological polar surface area (TPSA) is 38.3 Å². The van der Waals surface area contributed by atoms with Gasteiger partial charge in [0.15, 0.2) is 0 Å². The molecule has 0 aliphatic carbocycles. The Morgan fingerprint density at radius 3 is 1.21 bits per heavy atom. The van der Waals surface area contributed by atoms with Crippen LogP contribution >= 0.6 is 0 Å². The third kappa shape index (κ3) is 12.2. The van der Waals surface area contributed by atoms with Crippen molar-refractivity contribution < 1.29 is 57.8 Å². The highest BCUT2D eigenvalue weighted by Gasteiger charge is 2.79. The number of ether oxygens (including phenoxy) is 1. The van der Waals surface area contributed by atoms with Gasteiger partial charge in [-0.05, 0) is 6.42 Å². The Morgan fingerprint density at radius 1 is 0.553 bits per heavy atom. The number of rotatable bonds is 21. The second-order valence-corrected chi connectivity index (χ2v) is 9.34. The fourth-order valence-electron chi connectivity index (χ4n) is 3.63. The summed E-state index contributed by atoms with van der Waals surface area (Å²) >= 11 is 0. The van der Waals surface area contributed by atoms with Gasteiger partial charge < -0.3 is 5.32 Å². The van der Waals surface area contributed by atoms with Crippen molar-refractivity contribution in [3.63, 3.8) is 0 Å². The van der Waals surface area contributed by atoms with Gasteiger partial charge in [0.2, 0.25) is 0 Å². The van der Waals surface area contributed by atoms with Crippen molar-refractivity contribution in [2.45, 2.75) is 140 Å². The Bertz CT molecular complexity index is 654. The summed E-state index contributed by atoms with van der Waals surface area (Å²) in [5.41, 5.74) is 0. The molecule has 0 aromatic carbocycles. The highest BCUT2D eigenvalue weighted by atomic mass is 19.4. The minimum Gasteiger partial charge on any atom is -0.351 e. The highest BCUT2D eigenvalue weighted by Crippen LogP contribution is 2.51. The van der Waals surface area contributed by atoms with Gasteiger partial charge in [0.1, 0.15) is 0 Å². The normalized spacial score (nSPS) is 14.9. The van der Waals surface area contributed by atoms with Gasteiger partial charge in [0, 0.05) is 6.54 Å². The number of hydrogen-bond acceptors (Lipinski definition) is 2. The van der Waals surface area contributed by atoms with Crippen LogP contribution in [0.5, 0.6) is 0 Å². The molecule has 0 aliphatic heterocycles. The molecule has 0 aliphatic rings. The summed E-state index contributed by atoms with van der Waals surface area (Å²) in [5, 5.41) is 1.27. The molecule has 14 heteroatoms. The van der Waals surface area contributed by atoms with Gasteiger partial charge in [0.05, 0.1) is 0 Å². The van der Waals surface area contributed by atoms with Gasteiger partial charge in [-0.1, -0.05) is 103 Å². The maximum atomic E-state index is 14.1. The van der Waals surface area contributed by atoms with Crippen molar-refractivity contribution in [2.24, 2.45) is 0 Å². The van der Waals surface area contributed by atoms with Crippen molar-refractivity contribution >= 4 is 5.91 Å². The van der Waals surface area contributed by atoms with E-state index in [1.54, 1.807) is 0 Å². The Hall–Kier alpha value is -1.34. The number of halogens is 11. The Kier molecular flexibility index (Phi) is 16.1. The van der Waals surface area contributed by atoms with E-state index in [2.05, 4.69) is 11.7 Å². The van der Waals surface area contributed by atoms with Gasteiger partial charge in [0.25, 0.3) is 5.91 Å². The molecule has 0 aromatic rings. The fraction of sp³-hybridized carbons (Fsp3) is 0.958. The zero-order valence-corrected chi connectivity index (χ0v) is 21.5. The molecule has 1 amide bonds. The molecular weight excluding hydrogens is 543 g/mol. The van der Waals surface area contributed by atoms with Gasteiger partial charge in [-0.3, -0.25) is 9.53 Å². The van der Waals surface area contributed by atoms with Gasteiger partial charge >= 0.3 is 30.2 Å². The van der Waals surface area contributed by atoms with E-state index < -0.39 is 42.7 Å². The van der Waals surface area contributed by atoms with E-state index in [9.17, 15) is 53.1 Å². The number of carbonyl (C=O) groups excluding carboxylic acids is 1. The highest BCUT2D eigenvalue weighted by molar-refractivity contribution is 5.84. The van der Waals surface area contributed by atoms with Crippen LogP contribution in [0.2, 0.25) is 0 Å². The SMILES string of the molecule is CCCCCCCCCCCCCCCCCCNC(=O)[C@@](F)(OC(F)(F)C(F)(F)C(F)(F)F)C(F)(F)F. The smallest absolute Gasteiger partial charge is 0.351 e. The largest absolute Gasteiger partial charge is 0.462 e. The molecule has 0 heterocycles. The van der Waals surface area contributed by atoms with Crippen molar-refractivity contribution in [1.29, 1.82) is 0 Å². The average Bonchev–Trinajstić information content (AvgIpc) is 2.79. The third-order valence-electron chi connectivity index (χ3n) is 5.96. The summed E-state index contributed by atoms with van der Waals surface area (Å²) in [4.78, 5) is 11.5. The predicted molar refractivity (Wildman–Crippen MR) is 119 cm³/mol. The molecule has 0 radical (unpaired) electrons. The van der Waals surface area contributed by atoms with Crippen LogP contribution in [0.3, 0.4) is 0 Å². The predicted octanol–water partition coefficient (Wildman–Crippen LogP) is 9.40. The molecule has 3 nitrogen and oxygen atoms in total. The van der Waals surface area contributed by atoms with Crippen LogP contribution in [0.1, 0.15) is 110 Å². The summed E-state index contributed by atoms with van der Waals surface area (Å²) in [6, 6.07) is 0. The molecule has 0 saturated heterocycles. The van der Waals surface area contributed by atoms with E-state index in [-0.39, 0.29) is 6.42 Å². The number of alkyl halides is 11. The van der Waals surface area contributed by atoms with Crippen molar-refractivity contribution in [3.05, 3.63) is 0 Å². The van der Waals surface area contributed by atoms with Gasteiger partial charge in [-0.25, -0.2) is 0 Å². The molecule has 0 rings (SSSR count). The van der Waals surface area contributed by atoms with Gasteiger partial charge in [-0.2, -0.15) is 48.3 Å². The first-order chi connectivity index (χ1) is 17.4. The second-order valence-electron chi connectivity index (χ2n) is 9.34. The third-order valence-corrected chi connectivity index (χ3v) is 5.96. The summed E-state index contributed by atoms with van der Waals surface area (Å²) in [7, 11) is 0. The van der Waals surface area contributed by atoms with Crippen LogP contribution in [0.4, 0.5) is 48.3 Å². The summed E-state index contributed by atoms with van der Waals surface area (Å²) in [5.74, 6) is -16.3. The minimum atomic E-state index is -7.20. The molecule has 0 aromatic heterocycles. The molecule has 0 saturated carbocycles. The summed E-state index contributed by atoms with van der Waals surface area (Å²) < 4.78 is 143. The Balaban J connectivity index is 4.25. The van der Waals surface area contributed by atoms with Crippen LogP contribution < -0.4 is 5.32 Å². The molecule has 228 valence electrons. The molecule has 38 heavy (non-hydrogen) atoms. The lowest BCUT2D eigenvalue weighted by atomic mass is 10.0. The van der Waals surface area contributed by atoms with Crippen LogP contribution in [-0.4, -0.2) is 42.7 Å². The second kappa shape index (κ2) is 16.7. The van der Waals surface area contributed by atoms with E-state index in [0.29, 0.717) is 12.8 Å². The van der Waals surface area contributed by atoms with Crippen molar-refractivity contribution in [2.75, 3.05) is 6.54 Å². The zero-order chi connectivity index (χ0) is 29.5. The van der Waals surface area contributed by atoms with E-state index in [1.165, 1.54) is 56.7 Å². The van der Waals surface area contributed by atoms with Crippen LogP contribution in [0.15, 0.2) is 0 Å². The lowest BCUT2D eigenvalue weighted by molar-refractivity contribution is -0.472. The number of unbranched alkanes of at least 4 members (excludes halogenated alkanes) is 15. The first-order valence-corrected chi connectivity index (χ1v) is 13.0. The van der Waals surface area contributed by atoms with Crippen molar-refractivity contribution in [3.8, 4) is 0 Å². The summed E-state index contributed by atoms with van der Waals surface area (Å²) in [6.07, 6.45) is -4.98. The van der Waals surface area contributed by atoms with E-state index in [1.807, 2.05) is 0 Å². The minimum absolute atomic E-state index is 0.00691. The Morgan fingerprint density at radius 2 is 0.895 bits per heavy atom. The molecule has 1 N–H and O–H groups in total. The lowest BCUT2D eigenvalue weighted by Crippen LogP contribution is -2.63. The maximum absolute atomic E-state index is 14.1. The standard InChI is InChI=1S/C24H38F11NO2/c1-2-3-4-5-6-7-8-9-10-11-12-13-14-15-16-17-18-36-19(37)20(25,22(28,29)30)38-24(34,35)21(26,27)23(31,32)33/h2-18H2,1H3,(H,36,37)/t20-/m1/s1. The molecule has 0 unspecified atom stereocenters. The molecule has 0 spiro atoms. The monoisotopic (exact) mass is 581 g/mol. The van der Waals surface area contributed by atoms with Crippen molar-refractivity contribution in [1.82, 2.24) is 5.32 Å². The molecule has 0 bridgehead atoms. The van der Waals surface area contributed by atoms with E-state index in [0.717, 1.165) is 32.1 Å². The lowest BCUT2D eigenvalue weighted by Gasteiger charge is -2.34. The van der Waals surface area contributed by atoms with Crippen LogP contribution in [0, 0.1) is 0 Å². The van der Waals surface area contributed by atoms with E-state index >= 15 is 0 Å². The quantitative estimate of drug-likeness (QED) is 0.108. The number of amides is 1. The number of hydrogen-bond donors (Lipinski definition) is 1. The molecular formula is C24H38F11NO2. The van der Waals surface area contributed by atoms with Crippen LogP contribution in [0.25, 0.3) is 0 Å². The fourth-order valence-corrected chi connectivity index (χ4v) is 3.63. The van der Waals surface area contributed by atoms with Gasteiger partial charge in [-0.15, -0.1) is 0 Å². The number of nitrogens with one attached hydrogen (secondary N) is 1. The summed E-state index contributed by atoms with van der Waals surface area (Å²) in [6.45, 7) is 1.51. The maximum Gasteiger partial charge on any atom is 0.462 e. The first-order valence-electron chi connectivity index (χ1n) is 13.0. The molecule has 0 fully saturated rings. The zero-order valence-electron chi connectivity index (χ0n) is 21.5. The van der Waals surface area contributed by atoms with E-state index in [4.69, 9.17) is 0 Å². The molecule has 1 atom stereocenters. The number of carbonyl (C=O) groups is 1. The average molecular weight is 582 g/mol.